The van der Waals surface area contributed by atoms with Crippen molar-refractivity contribution in [2.24, 2.45) is 0 Å². The molecule has 0 aliphatic rings. The Morgan fingerprint density at radius 3 is 2.73 bits per heavy atom. The van der Waals surface area contributed by atoms with E-state index >= 15 is 0 Å². The van der Waals surface area contributed by atoms with Gasteiger partial charge in [-0.2, -0.15) is 0 Å². The highest BCUT2D eigenvalue weighted by Gasteiger charge is 2.11. The Morgan fingerprint density at radius 2 is 2.36 bits per heavy atom. The van der Waals surface area contributed by atoms with Gasteiger partial charge < -0.3 is 9.78 Å². The first-order valence-electron chi connectivity index (χ1n) is 3.50. The number of rotatable bonds is 3. The maximum atomic E-state index is 10.6. The minimum absolute atomic E-state index is 0.124. The van der Waals surface area contributed by atoms with Gasteiger partial charge in [-0.05, 0) is 25.7 Å². The Balaban J connectivity index is 2.79. The number of hydrogen-bond donors (Lipinski definition) is 1. The van der Waals surface area contributed by atoms with E-state index in [-0.39, 0.29) is 6.04 Å². The molecule has 0 spiro atoms. The van der Waals surface area contributed by atoms with Crippen molar-refractivity contribution in [2.75, 3.05) is 14.1 Å². The van der Waals surface area contributed by atoms with Gasteiger partial charge in [-0.15, -0.1) is 0 Å². The van der Waals surface area contributed by atoms with Gasteiger partial charge >= 0.3 is 0 Å². The zero-order valence-electron chi connectivity index (χ0n) is 6.74. The minimum Gasteiger partial charge on any atom is -0.367 e. The molecule has 1 aromatic rings. The van der Waals surface area contributed by atoms with Crippen molar-refractivity contribution < 1.29 is 4.79 Å². The standard InChI is InChI=1S/C8H12N2O/c1-10(2)8(6-11)7-3-4-9-5-7/h3-6,8-9H,1-2H3. The van der Waals surface area contributed by atoms with E-state index in [0.717, 1.165) is 11.8 Å². The molecule has 0 radical (unpaired) electrons. The van der Waals surface area contributed by atoms with Crippen LogP contribution in [0.4, 0.5) is 0 Å². The number of aromatic nitrogens is 1. The Kier molecular flexibility index (Phi) is 2.44. The number of carbonyl (C=O) groups is 1. The summed E-state index contributed by atoms with van der Waals surface area (Å²) in [7, 11) is 3.76. The molecule has 1 rings (SSSR count). The van der Waals surface area contributed by atoms with E-state index in [1.165, 1.54) is 0 Å². The van der Waals surface area contributed by atoms with Gasteiger partial charge in [0.1, 0.15) is 6.29 Å². The van der Waals surface area contributed by atoms with Crippen LogP contribution in [0.3, 0.4) is 0 Å². The van der Waals surface area contributed by atoms with Crippen LogP contribution in [0.15, 0.2) is 18.5 Å². The lowest BCUT2D eigenvalue weighted by Crippen LogP contribution is -2.20. The van der Waals surface area contributed by atoms with Crippen LogP contribution in [0.25, 0.3) is 0 Å². The van der Waals surface area contributed by atoms with Crippen LogP contribution >= 0.6 is 0 Å². The highest BCUT2D eigenvalue weighted by molar-refractivity contribution is 5.60. The van der Waals surface area contributed by atoms with Crippen molar-refractivity contribution in [2.45, 2.75) is 6.04 Å². The second-order valence-electron chi connectivity index (χ2n) is 2.69. The van der Waals surface area contributed by atoms with E-state index in [2.05, 4.69) is 4.98 Å². The summed E-state index contributed by atoms with van der Waals surface area (Å²) in [6.07, 6.45) is 4.58. The number of likely N-dealkylation sites (N-methyl/N-ethyl adjacent to an activating group) is 1. The van der Waals surface area contributed by atoms with Gasteiger partial charge in [0, 0.05) is 12.4 Å². The Bertz CT molecular complexity index is 216. The average Bonchev–Trinajstić information content (AvgIpc) is 2.40. The SMILES string of the molecule is CN(C)C(C=O)c1cc[nH]c1. The van der Waals surface area contributed by atoms with Crippen molar-refractivity contribution in [3.05, 3.63) is 24.0 Å². The fraction of sp³-hybridized carbons (Fsp3) is 0.375. The molecule has 1 N–H and O–H groups in total. The molecule has 1 heterocycles. The first kappa shape index (κ1) is 8.01. The number of hydrogen-bond acceptors (Lipinski definition) is 2. The highest BCUT2D eigenvalue weighted by atomic mass is 16.1. The molecule has 60 valence electrons. The monoisotopic (exact) mass is 152 g/mol. The molecule has 1 atom stereocenters. The third-order valence-corrected chi connectivity index (χ3v) is 1.65. The molecule has 11 heavy (non-hydrogen) atoms. The molecule has 3 nitrogen and oxygen atoms in total. The van der Waals surface area contributed by atoms with Gasteiger partial charge in [0.15, 0.2) is 0 Å². The molecular formula is C8H12N2O. The number of H-pyrrole nitrogens is 1. The van der Waals surface area contributed by atoms with Crippen LogP contribution in [0.1, 0.15) is 11.6 Å². The second kappa shape index (κ2) is 3.34. The molecule has 0 amide bonds. The van der Waals surface area contributed by atoms with E-state index in [0.29, 0.717) is 0 Å². The van der Waals surface area contributed by atoms with Crippen LogP contribution in [0.2, 0.25) is 0 Å². The Morgan fingerprint density at radius 1 is 1.64 bits per heavy atom. The predicted molar refractivity (Wildman–Crippen MR) is 43.3 cm³/mol. The van der Waals surface area contributed by atoms with Gasteiger partial charge in [-0.3, -0.25) is 4.90 Å². The van der Waals surface area contributed by atoms with Crippen LogP contribution < -0.4 is 0 Å². The maximum Gasteiger partial charge on any atom is 0.141 e. The average molecular weight is 152 g/mol. The van der Waals surface area contributed by atoms with Crippen LogP contribution in [0.5, 0.6) is 0 Å². The number of nitrogens with one attached hydrogen (secondary N) is 1. The highest BCUT2D eigenvalue weighted by Crippen LogP contribution is 2.13. The van der Waals surface area contributed by atoms with E-state index in [9.17, 15) is 4.79 Å². The van der Waals surface area contributed by atoms with Crippen molar-refractivity contribution in [3.8, 4) is 0 Å². The molecule has 0 fully saturated rings. The lowest BCUT2D eigenvalue weighted by atomic mass is 10.1. The summed E-state index contributed by atoms with van der Waals surface area (Å²) < 4.78 is 0. The van der Waals surface area contributed by atoms with Crippen LogP contribution in [-0.4, -0.2) is 30.3 Å². The maximum absolute atomic E-state index is 10.6. The summed E-state index contributed by atoms with van der Waals surface area (Å²) in [5, 5.41) is 0. The van der Waals surface area contributed by atoms with Crippen LogP contribution in [-0.2, 0) is 4.79 Å². The molecule has 0 aromatic carbocycles. The zero-order valence-corrected chi connectivity index (χ0v) is 6.74. The normalized spacial score (nSPS) is 13.4. The molecule has 1 unspecified atom stereocenters. The third kappa shape index (κ3) is 1.68. The first-order valence-corrected chi connectivity index (χ1v) is 3.50. The van der Waals surface area contributed by atoms with Gasteiger partial charge in [0.25, 0.3) is 0 Å². The van der Waals surface area contributed by atoms with Gasteiger partial charge in [-0.25, -0.2) is 0 Å². The summed E-state index contributed by atoms with van der Waals surface area (Å²) in [5.74, 6) is 0. The molecule has 0 bridgehead atoms. The summed E-state index contributed by atoms with van der Waals surface area (Å²) >= 11 is 0. The summed E-state index contributed by atoms with van der Waals surface area (Å²) in [6.45, 7) is 0. The molecular weight excluding hydrogens is 140 g/mol. The predicted octanol–water partition coefficient (Wildman–Crippen LogP) is 0.816. The summed E-state index contributed by atoms with van der Waals surface area (Å²) in [6, 6.07) is 1.78. The first-order chi connectivity index (χ1) is 5.25. The number of carbonyl (C=O) groups excluding carboxylic acids is 1. The molecule has 3 heteroatoms. The second-order valence-corrected chi connectivity index (χ2v) is 2.69. The summed E-state index contributed by atoms with van der Waals surface area (Å²) in [4.78, 5) is 15.4. The molecule has 0 saturated carbocycles. The van der Waals surface area contributed by atoms with E-state index in [1.807, 2.05) is 37.5 Å². The summed E-state index contributed by atoms with van der Waals surface area (Å²) in [5.41, 5.74) is 1.00. The third-order valence-electron chi connectivity index (χ3n) is 1.65. The van der Waals surface area contributed by atoms with Gasteiger partial charge in [0.05, 0.1) is 6.04 Å². The molecule has 0 saturated heterocycles. The van der Waals surface area contributed by atoms with Gasteiger partial charge in [-0.1, -0.05) is 0 Å². The number of nitrogens with zero attached hydrogens (tertiary/aromatic N) is 1. The Hall–Kier alpha value is -1.09. The van der Waals surface area contributed by atoms with E-state index in [1.54, 1.807) is 0 Å². The van der Waals surface area contributed by atoms with Crippen molar-refractivity contribution in [1.82, 2.24) is 9.88 Å². The van der Waals surface area contributed by atoms with Crippen molar-refractivity contribution in [3.63, 3.8) is 0 Å². The van der Waals surface area contributed by atoms with Crippen molar-refractivity contribution in [1.29, 1.82) is 0 Å². The largest absolute Gasteiger partial charge is 0.367 e. The van der Waals surface area contributed by atoms with Gasteiger partial charge in [0.2, 0.25) is 0 Å². The molecule has 1 aromatic heterocycles. The quantitative estimate of drug-likeness (QED) is 0.651. The van der Waals surface area contributed by atoms with Crippen LogP contribution in [0, 0.1) is 0 Å². The number of aromatic amines is 1. The number of aldehydes is 1. The van der Waals surface area contributed by atoms with Crippen molar-refractivity contribution >= 4 is 6.29 Å². The molecule has 0 aliphatic heterocycles. The fourth-order valence-electron chi connectivity index (χ4n) is 1.02. The zero-order chi connectivity index (χ0) is 8.27. The Labute approximate surface area is 66.0 Å². The smallest absolute Gasteiger partial charge is 0.141 e. The molecule has 0 aliphatic carbocycles. The fourth-order valence-corrected chi connectivity index (χ4v) is 1.02. The lowest BCUT2D eigenvalue weighted by Gasteiger charge is -2.16. The minimum atomic E-state index is -0.124. The lowest BCUT2D eigenvalue weighted by molar-refractivity contribution is -0.111. The van der Waals surface area contributed by atoms with E-state index < -0.39 is 0 Å². The topological polar surface area (TPSA) is 36.1 Å². The van der Waals surface area contributed by atoms with E-state index in [4.69, 9.17) is 0 Å².